The van der Waals surface area contributed by atoms with Gasteiger partial charge < -0.3 is 10.6 Å². The van der Waals surface area contributed by atoms with Crippen LogP contribution in [0.2, 0.25) is 0 Å². The number of nitrogens with zero attached hydrogens (tertiary/aromatic N) is 3. The van der Waals surface area contributed by atoms with E-state index in [2.05, 4.69) is 4.98 Å². The number of halogens is 3. The summed E-state index contributed by atoms with van der Waals surface area (Å²) < 4.78 is 37.4. The van der Waals surface area contributed by atoms with Crippen LogP contribution < -0.4 is 10.6 Å². The molecular weight excluding hydrogens is 245 g/mol. The molecule has 98 valence electrons. The number of anilines is 2. The van der Waals surface area contributed by atoms with Crippen molar-refractivity contribution in [2.45, 2.75) is 19.5 Å². The van der Waals surface area contributed by atoms with Crippen LogP contribution in [0.15, 0.2) is 12.3 Å². The first-order valence-electron chi connectivity index (χ1n) is 5.34. The monoisotopic (exact) mass is 258 g/mol. The summed E-state index contributed by atoms with van der Waals surface area (Å²) in [5.74, 6) is 0.0193. The maximum Gasteiger partial charge on any atom is 0.405 e. The Morgan fingerprint density at radius 2 is 2.17 bits per heavy atom. The van der Waals surface area contributed by atoms with Crippen molar-refractivity contribution >= 4 is 11.5 Å². The molecule has 0 saturated heterocycles. The van der Waals surface area contributed by atoms with Gasteiger partial charge in [0.05, 0.1) is 17.4 Å². The lowest BCUT2D eigenvalue weighted by molar-refractivity contribution is -0.119. The third-order valence-corrected chi connectivity index (χ3v) is 2.17. The summed E-state index contributed by atoms with van der Waals surface area (Å²) in [5, 5.41) is 8.90. The van der Waals surface area contributed by atoms with E-state index in [1.54, 1.807) is 6.92 Å². The van der Waals surface area contributed by atoms with Crippen LogP contribution >= 0.6 is 0 Å². The van der Waals surface area contributed by atoms with E-state index in [9.17, 15) is 13.2 Å². The number of pyridine rings is 1. The molecule has 0 radical (unpaired) electrons. The third kappa shape index (κ3) is 3.80. The molecule has 0 aliphatic carbocycles. The lowest BCUT2D eigenvalue weighted by Crippen LogP contribution is -2.36. The summed E-state index contributed by atoms with van der Waals surface area (Å²) in [6, 6.07) is 3.13. The molecule has 1 heterocycles. The number of hydrogen-bond donors (Lipinski definition) is 1. The Hall–Kier alpha value is -1.97. The van der Waals surface area contributed by atoms with E-state index in [4.69, 9.17) is 11.0 Å². The minimum Gasteiger partial charge on any atom is -0.397 e. The van der Waals surface area contributed by atoms with Crippen molar-refractivity contribution in [3.05, 3.63) is 17.8 Å². The lowest BCUT2D eigenvalue weighted by atomic mass is 10.2. The van der Waals surface area contributed by atoms with Gasteiger partial charge in [0, 0.05) is 6.54 Å². The predicted octanol–water partition coefficient (Wildman–Crippen LogP) is 2.31. The number of nitriles is 1. The van der Waals surface area contributed by atoms with Crippen LogP contribution in [0.4, 0.5) is 24.7 Å². The maximum atomic E-state index is 12.5. The number of aromatic nitrogens is 1. The Kier molecular flexibility index (Phi) is 4.37. The maximum absolute atomic E-state index is 12.5. The second-order valence-electron chi connectivity index (χ2n) is 3.79. The number of nitrogens with two attached hydrogens (primary N) is 1. The first kappa shape index (κ1) is 14.1. The molecule has 0 amide bonds. The Bertz CT molecular complexity index is 451. The number of alkyl halides is 3. The van der Waals surface area contributed by atoms with Crippen LogP contribution in [0.25, 0.3) is 0 Å². The lowest BCUT2D eigenvalue weighted by Gasteiger charge is -2.25. The van der Waals surface area contributed by atoms with Crippen molar-refractivity contribution in [1.82, 2.24) is 4.98 Å². The van der Waals surface area contributed by atoms with Gasteiger partial charge in [-0.05, 0) is 12.5 Å². The molecule has 0 aromatic carbocycles. The summed E-state index contributed by atoms with van der Waals surface area (Å²) >= 11 is 0. The zero-order valence-corrected chi connectivity index (χ0v) is 9.83. The van der Waals surface area contributed by atoms with Crippen molar-refractivity contribution in [2.24, 2.45) is 0 Å². The standard InChI is InChI=1S/C11H13F3N4/c1-2-3-18(7-11(12,13)14)10-8(5-15)4-9(16)6-17-10/h4,6H,2-3,7,16H2,1H3. The molecule has 0 aliphatic rings. The van der Waals surface area contributed by atoms with Gasteiger partial charge in [-0.3, -0.25) is 0 Å². The zero-order valence-electron chi connectivity index (χ0n) is 9.83. The molecule has 0 spiro atoms. The molecule has 0 bridgehead atoms. The molecule has 0 unspecified atom stereocenters. The van der Waals surface area contributed by atoms with Crippen molar-refractivity contribution in [2.75, 3.05) is 23.7 Å². The smallest absolute Gasteiger partial charge is 0.397 e. The number of rotatable bonds is 4. The van der Waals surface area contributed by atoms with Gasteiger partial charge in [-0.2, -0.15) is 18.4 Å². The molecule has 1 aromatic heterocycles. The highest BCUT2D eigenvalue weighted by Gasteiger charge is 2.31. The van der Waals surface area contributed by atoms with Crippen LogP contribution in [-0.2, 0) is 0 Å². The van der Waals surface area contributed by atoms with Crippen LogP contribution in [-0.4, -0.2) is 24.2 Å². The van der Waals surface area contributed by atoms with E-state index in [1.165, 1.54) is 12.3 Å². The van der Waals surface area contributed by atoms with Gasteiger partial charge >= 0.3 is 6.18 Å². The molecule has 0 fully saturated rings. The summed E-state index contributed by atoms with van der Waals surface area (Å²) in [6.07, 6.45) is -2.58. The van der Waals surface area contributed by atoms with Crippen LogP contribution in [0.1, 0.15) is 18.9 Å². The fourth-order valence-corrected chi connectivity index (χ4v) is 1.55. The van der Waals surface area contributed by atoms with Gasteiger partial charge in [0.25, 0.3) is 0 Å². The molecular formula is C11H13F3N4. The molecule has 0 saturated carbocycles. The van der Waals surface area contributed by atoms with E-state index in [1.807, 2.05) is 6.07 Å². The second-order valence-corrected chi connectivity index (χ2v) is 3.79. The zero-order chi connectivity index (χ0) is 13.8. The SMILES string of the molecule is CCCN(CC(F)(F)F)c1ncc(N)cc1C#N. The molecule has 4 nitrogen and oxygen atoms in total. The van der Waals surface area contributed by atoms with E-state index in [0.29, 0.717) is 6.42 Å². The number of nitrogen functional groups attached to an aromatic ring is 1. The molecule has 7 heteroatoms. The normalized spacial score (nSPS) is 11.1. The third-order valence-electron chi connectivity index (χ3n) is 2.17. The molecule has 18 heavy (non-hydrogen) atoms. The second kappa shape index (κ2) is 5.58. The molecule has 1 rings (SSSR count). The van der Waals surface area contributed by atoms with E-state index >= 15 is 0 Å². The average molecular weight is 258 g/mol. The fourth-order valence-electron chi connectivity index (χ4n) is 1.55. The highest BCUT2D eigenvalue weighted by molar-refractivity contribution is 5.58. The van der Waals surface area contributed by atoms with Gasteiger partial charge in [-0.15, -0.1) is 0 Å². The Morgan fingerprint density at radius 1 is 1.50 bits per heavy atom. The quantitative estimate of drug-likeness (QED) is 0.900. The first-order chi connectivity index (χ1) is 8.37. The average Bonchev–Trinajstić information content (AvgIpc) is 2.26. The van der Waals surface area contributed by atoms with Crippen LogP contribution in [0, 0.1) is 11.3 Å². The number of hydrogen-bond acceptors (Lipinski definition) is 4. The highest BCUT2D eigenvalue weighted by atomic mass is 19.4. The van der Waals surface area contributed by atoms with E-state index < -0.39 is 12.7 Å². The Labute approximate surface area is 103 Å². The molecule has 0 atom stereocenters. The van der Waals surface area contributed by atoms with Crippen LogP contribution in [0.5, 0.6) is 0 Å². The van der Waals surface area contributed by atoms with Crippen molar-refractivity contribution in [3.63, 3.8) is 0 Å². The minimum atomic E-state index is -4.34. The molecule has 0 aliphatic heterocycles. The summed E-state index contributed by atoms with van der Waals surface area (Å²) in [6.45, 7) is 0.796. The minimum absolute atomic E-state index is 0.0193. The van der Waals surface area contributed by atoms with Gasteiger partial charge in [0.1, 0.15) is 18.4 Å². The topological polar surface area (TPSA) is 65.9 Å². The van der Waals surface area contributed by atoms with E-state index in [0.717, 1.165) is 4.90 Å². The van der Waals surface area contributed by atoms with Gasteiger partial charge in [0.2, 0.25) is 0 Å². The summed E-state index contributed by atoms with van der Waals surface area (Å²) in [5.41, 5.74) is 5.75. The van der Waals surface area contributed by atoms with Crippen molar-refractivity contribution in [1.29, 1.82) is 5.26 Å². The van der Waals surface area contributed by atoms with Gasteiger partial charge in [-0.1, -0.05) is 6.92 Å². The van der Waals surface area contributed by atoms with Crippen LogP contribution in [0.3, 0.4) is 0 Å². The van der Waals surface area contributed by atoms with Gasteiger partial charge in [0.15, 0.2) is 0 Å². The summed E-state index contributed by atoms with van der Waals surface area (Å²) in [7, 11) is 0. The fraction of sp³-hybridized carbons (Fsp3) is 0.455. The first-order valence-corrected chi connectivity index (χ1v) is 5.34. The Morgan fingerprint density at radius 3 is 2.67 bits per heavy atom. The van der Waals surface area contributed by atoms with Gasteiger partial charge in [-0.25, -0.2) is 4.98 Å². The molecule has 1 aromatic rings. The highest BCUT2D eigenvalue weighted by Crippen LogP contribution is 2.24. The predicted molar refractivity (Wildman–Crippen MR) is 61.9 cm³/mol. The van der Waals surface area contributed by atoms with E-state index in [-0.39, 0.29) is 23.6 Å². The van der Waals surface area contributed by atoms with Crippen molar-refractivity contribution < 1.29 is 13.2 Å². The molecule has 2 N–H and O–H groups in total. The van der Waals surface area contributed by atoms with Crippen molar-refractivity contribution in [3.8, 4) is 6.07 Å². The largest absolute Gasteiger partial charge is 0.405 e. The Balaban J connectivity index is 3.10. The summed E-state index contributed by atoms with van der Waals surface area (Å²) in [4.78, 5) is 4.87.